The van der Waals surface area contributed by atoms with E-state index in [-0.39, 0.29) is 11.8 Å². The molecule has 2 rings (SSSR count). The number of aromatic nitrogens is 1. The highest BCUT2D eigenvalue weighted by Gasteiger charge is 2.16. The Bertz CT molecular complexity index is 648. The molecule has 1 aromatic carbocycles. The Hall–Kier alpha value is -2.76. The summed E-state index contributed by atoms with van der Waals surface area (Å²) in [6, 6.07) is 8.35. The molecule has 110 valence electrons. The van der Waals surface area contributed by atoms with Gasteiger partial charge in [-0.3, -0.25) is 9.59 Å². The zero-order valence-corrected chi connectivity index (χ0v) is 12.1. The lowest BCUT2D eigenvalue weighted by Crippen LogP contribution is -2.22. The van der Waals surface area contributed by atoms with Crippen LogP contribution in [0.1, 0.15) is 20.8 Å². The summed E-state index contributed by atoms with van der Waals surface area (Å²) in [4.78, 5) is 28.4. The fourth-order valence-electron chi connectivity index (χ4n) is 1.86. The van der Waals surface area contributed by atoms with Gasteiger partial charge in [-0.15, -0.1) is 0 Å². The number of carbonyl (C=O) groups excluding carboxylic acids is 2. The predicted octanol–water partition coefficient (Wildman–Crippen LogP) is 1.98. The van der Waals surface area contributed by atoms with Gasteiger partial charge in [-0.25, -0.2) is 0 Å². The van der Waals surface area contributed by atoms with Gasteiger partial charge >= 0.3 is 0 Å². The van der Waals surface area contributed by atoms with Gasteiger partial charge < -0.3 is 19.9 Å². The molecule has 0 bridgehead atoms. The van der Waals surface area contributed by atoms with Gasteiger partial charge in [0.2, 0.25) is 0 Å². The van der Waals surface area contributed by atoms with Crippen molar-refractivity contribution in [1.82, 2.24) is 9.88 Å². The number of nitrogens with zero attached hydrogens (tertiary/aromatic N) is 1. The van der Waals surface area contributed by atoms with Gasteiger partial charge in [0, 0.05) is 26.0 Å². The van der Waals surface area contributed by atoms with E-state index in [2.05, 4.69) is 10.3 Å². The number of rotatable bonds is 4. The highest BCUT2D eigenvalue weighted by atomic mass is 16.5. The number of nitrogens with one attached hydrogen (secondary N) is 2. The van der Waals surface area contributed by atoms with Crippen molar-refractivity contribution >= 4 is 17.5 Å². The molecule has 0 saturated carbocycles. The first-order chi connectivity index (χ1) is 10.0. The topological polar surface area (TPSA) is 74.4 Å². The van der Waals surface area contributed by atoms with Crippen LogP contribution in [-0.2, 0) is 0 Å². The number of aromatic amines is 1. The van der Waals surface area contributed by atoms with E-state index in [4.69, 9.17) is 4.74 Å². The van der Waals surface area contributed by atoms with Gasteiger partial charge in [0.15, 0.2) is 0 Å². The fraction of sp³-hybridized carbons (Fsp3) is 0.200. The summed E-state index contributed by atoms with van der Waals surface area (Å²) in [6.07, 6.45) is 1.67. The standard InChI is InChI=1S/C15H17N3O3/c1-18(2)15(20)11-9-10(6-7-13(11)21-3)17-14(19)12-5-4-8-16-12/h4-9,16H,1-3H3,(H,17,19). The van der Waals surface area contributed by atoms with Crippen LogP contribution < -0.4 is 10.1 Å². The number of hydrogen-bond acceptors (Lipinski definition) is 3. The van der Waals surface area contributed by atoms with E-state index in [1.165, 1.54) is 12.0 Å². The lowest BCUT2D eigenvalue weighted by atomic mass is 10.1. The molecule has 1 aromatic heterocycles. The molecule has 0 fully saturated rings. The van der Waals surface area contributed by atoms with Crippen molar-refractivity contribution in [1.29, 1.82) is 0 Å². The van der Waals surface area contributed by atoms with Crippen LogP contribution in [0, 0.1) is 0 Å². The molecule has 0 spiro atoms. The molecule has 0 unspecified atom stereocenters. The van der Waals surface area contributed by atoms with Crippen molar-refractivity contribution in [3.05, 3.63) is 47.8 Å². The van der Waals surface area contributed by atoms with Gasteiger partial charge in [-0.05, 0) is 30.3 Å². The maximum Gasteiger partial charge on any atom is 0.272 e. The summed E-state index contributed by atoms with van der Waals surface area (Å²) in [7, 11) is 4.82. The fourth-order valence-corrected chi connectivity index (χ4v) is 1.86. The van der Waals surface area contributed by atoms with Gasteiger partial charge in [0.25, 0.3) is 11.8 Å². The molecule has 21 heavy (non-hydrogen) atoms. The maximum atomic E-state index is 12.1. The highest BCUT2D eigenvalue weighted by Crippen LogP contribution is 2.24. The normalized spacial score (nSPS) is 10.0. The molecule has 0 atom stereocenters. The average molecular weight is 287 g/mol. The SMILES string of the molecule is COc1ccc(NC(=O)c2ccc[nH]2)cc1C(=O)N(C)C. The highest BCUT2D eigenvalue weighted by molar-refractivity contribution is 6.04. The first-order valence-corrected chi connectivity index (χ1v) is 6.37. The number of benzene rings is 1. The monoisotopic (exact) mass is 287 g/mol. The van der Waals surface area contributed by atoms with Crippen LogP contribution in [0.5, 0.6) is 5.75 Å². The zero-order valence-electron chi connectivity index (χ0n) is 12.1. The Labute approximate surface area is 122 Å². The maximum absolute atomic E-state index is 12.1. The first kappa shape index (κ1) is 14.6. The number of anilines is 1. The third-order valence-corrected chi connectivity index (χ3v) is 2.94. The molecule has 0 radical (unpaired) electrons. The summed E-state index contributed by atoms with van der Waals surface area (Å²) in [5.41, 5.74) is 1.37. The molecule has 6 nitrogen and oxygen atoms in total. The van der Waals surface area contributed by atoms with Crippen LogP contribution in [0.3, 0.4) is 0 Å². The predicted molar refractivity (Wildman–Crippen MR) is 79.8 cm³/mol. The van der Waals surface area contributed by atoms with E-state index in [0.29, 0.717) is 22.7 Å². The minimum atomic E-state index is -0.270. The van der Waals surface area contributed by atoms with Crippen molar-refractivity contribution in [2.24, 2.45) is 0 Å². The Morgan fingerprint density at radius 1 is 1.24 bits per heavy atom. The molecule has 2 aromatic rings. The number of H-pyrrole nitrogens is 1. The minimum absolute atomic E-state index is 0.192. The molecule has 0 saturated heterocycles. The molecular weight excluding hydrogens is 270 g/mol. The van der Waals surface area contributed by atoms with E-state index < -0.39 is 0 Å². The molecule has 0 aliphatic heterocycles. The van der Waals surface area contributed by atoms with E-state index in [1.54, 1.807) is 50.6 Å². The van der Waals surface area contributed by atoms with Crippen molar-refractivity contribution < 1.29 is 14.3 Å². The Kier molecular flexibility index (Phi) is 4.27. The van der Waals surface area contributed by atoms with Crippen molar-refractivity contribution in [2.45, 2.75) is 0 Å². The second-order valence-electron chi connectivity index (χ2n) is 4.65. The smallest absolute Gasteiger partial charge is 0.272 e. The van der Waals surface area contributed by atoms with Gasteiger partial charge in [-0.1, -0.05) is 0 Å². The van der Waals surface area contributed by atoms with Crippen LogP contribution >= 0.6 is 0 Å². The lowest BCUT2D eigenvalue weighted by Gasteiger charge is -2.15. The molecule has 0 aliphatic rings. The van der Waals surface area contributed by atoms with E-state index in [0.717, 1.165) is 0 Å². The zero-order chi connectivity index (χ0) is 15.4. The summed E-state index contributed by atoms with van der Waals surface area (Å²) < 4.78 is 5.18. The summed E-state index contributed by atoms with van der Waals surface area (Å²) in [5, 5.41) is 2.73. The van der Waals surface area contributed by atoms with Gasteiger partial charge in [0.1, 0.15) is 11.4 Å². The average Bonchev–Trinajstić information content (AvgIpc) is 3.00. The van der Waals surface area contributed by atoms with Crippen LogP contribution in [0.25, 0.3) is 0 Å². The van der Waals surface area contributed by atoms with Crippen molar-refractivity contribution in [2.75, 3.05) is 26.5 Å². The third kappa shape index (κ3) is 3.22. The summed E-state index contributed by atoms with van der Waals surface area (Å²) in [5.74, 6) is 0.00261. The third-order valence-electron chi connectivity index (χ3n) is 2.94. The quantitative estimate of drug-likeness (QED) is 0.903. The number of ether oxygens (including phenoxy) is 1. The van der Waals surface area contributed by atoms with Crippen LogP contribution in [0.4, 0.5) is 5.69 Å². The molecule has 1 heterocycles. The van der Waals surface area contributed by atoms with Crippen LogP contribution in [-0.4, -0.2) is 42.9 Å². The molecule has 2 amide bonds. The molecule has 6 heteroatoms. The second-order valence-corrected chi connectivity index (χ2v) is 4.65. The van der Waals surface area contributed by atoms with Crippen molar-refractivity contribution in [3.63, 3.8) is 0 Å². The lowest BCUT2D eigenvalue weighted by molar-refractivity contribution is 0.0824. The minimum Gasteiger partial charge on any atom is -0.496 e. The number of hydrogen-bond donors (Lipinski definition) is 2. The first-order valence-electron chi connectivity index (χ1n) is 6.37. The van der Waals surface area contributed by atoms with Crippen LogP contribution in [0.2, 0.25) is 0 Å². The van der Waals surface area contributed by atoms with Crippen LogP contribution in [0.15, 0.2) is 36.5 Å². The van der Waals surface area contributed by atoms with Crippen molar-refractivity contribution in [3.8, 4) is 5.75 Å². The summed E-state index contributed by atoms with van der Waals surface area (Å²) >= 11 is 0. The summed E-state index contributed by atoms with van der Waals surface area (Å²) in [6.45, 7) is 0. The Morgan fingerprint density at radius 3 is 2.57 bits per heavy atom. The number of amides is 2. The second kappa shape index (κ2) is 6.13. The van der Waals surface area contributed by atoms with Gasteiger partial charge in [-0.2, -0.15) is 0 Å². The van der Waals surface area contributed by atoms with E-state index in [9.17, 15) is 9.59 Å². The largest absolute Gasteiger partial charge is 0.496 e. The number of methoxy groups -OCH3 is 1. The molecule has 2 N–H and O–H groups in total. The molecular formula is C15H17N3O3. The Morgan fingerprint density at radius 2 is 2.00 bits per heavy atom. The Balaban J connectivity index is 2.27. The van der Waals surface area contributed by atoms with Gasteiger partial charge in [0.05, 0.1) is 12.7 Å². The number of carbonyl (C=O) groups is 2. The van der Waals surface area contributed by atoms with E-state index in [1.807, 2.05) is 0 Å². The van der Waals surface area contributed by atoms with E-state index >= 15 is 0 Å². The molecule has 0 aliphatic carbocycles.